The highest BCUT2D eigenvalue weighted by molar-refractivity contribution is 6.10. The number of aryl methyl sites for hydroxylation is 2. The summed E-state index contributed by atoms with van der Waals surface area (Å²) < 4.78 is 10.7. The zero-order chi connectivity index (χ0) is 24.1. The van der Waals surface area contributed by atoms with Gasteiger partial charge in [-0.2, -0.15) is 0 Å². The summed E-state index contributed by atoms with van der Waals surface area (Å²) in [6.07, 6.45) is 6.52. The van der Waals surface area contributed by atoms with Gasteiger partial charge in [-0.1, -0.05) is 44.0 Å². The lowest BCUT2D eigenvalue weighted by atomic mass is 10.0. The lowest BCUT2D eigenvalue weighted by molar-refractivity contribution is -0.123. The van der Waals surface area contributed by atoms with Crippen LogP contribution in [0.25, 0.3) is 0 Å². The molecule has 0 aliphatic heterocycles. The zero-order valence-electron chi connectivity index (χ0n) is 20.0. The lowest BCUT2D eigenvalue weighted by Gasteiger charge is -2.32. The third kappa shape index (κ3) is 5.01. The van der Waals surface area contributed by atoms with Gasteiger partial charge < -0.3 is 14.5 Å². The van der Waals surface area contributed by atoms with Crippen molar-refractivity contribution in [1.82, 2.24) is 5.32 Å². The second-order valence-electron chi connectivity index (χ2n) is 8.75. The van der Waals surface area contributed by atoms with E-state index < -0.39 is 6.04 Å². The number of carbonyl (C=O) groups excluding carboxylic acids is 2. The SMILES string of the molecule is CCc1ccc(N(C(=O)c2ccoc2C)[C@@H](C(=O)NC2CCCC2)c2ccc(OC)cc2)cc1. The summed E-state index contributed by atoms with van der Waals surface area (Å²) in [5, 5.41) is 3.21. The first-order valence-corrected chi connectivity index (χ1v) is 11.9. The number of nitrogens with one attached hydrogen (secondary N) is 1. The van der Waals surface area contributed by atoms with Crippen molar-refractivity contribution in [2.75, 3.05) is 12.0 Å². The number of furan rings is 1. The van der Waals surface area contributed by atoms with Crippen LogP contribution in [0.2, 0.25) is 0 Å². The second kappa shape index (κ2) is 10.6. The van der Waals surface area contributed by atoms with Gasteiger partial charge in [0.1, 0.15) is 17.6 Å². The van der Waals surface area contributed by atoms with Crippen molar-refractivity contribution in [3.8, 4) is 5.75 Å². The number of anilines is 1. The number of methoxy groups -OCH3 is 1. The molecule has 34 heavy (non-hydrogen) atoms. The van der Waals surface area contributed by atoms with Crippen LogP contribution in [0, 0.1) is 6.92 Å². The van der Waals surface area contributed by atoms with Crippen molar-refractivity contribution in [2.24, 2.45) is 0 Å². The Kier molecular flexibility index (Phi) is 7.36. The summed E-state index contributed by atoms with van der Waals surface area (Å²) >= 11 is 0. The third-order valence-corrected chi connectivity index (χ3v) is 6.57. The number of nitrogens with zero attached hydrogens (tertiary/aromatic N) is 1. The van der Waals surface area contributed by atoms with E-state index in [9.17, 15) is 9.59 Å². The van der Waals surface area contributed by atoms with Crippen LogP contribution >= 0.6 is 0 Å². The summed E-state index contributed by atoms with van der Waals surface area (Å²) in [5.41, 5.74) is 2.97. The fraction of sp³-hybridized carbons (Fsp3) is 0.357. The predicted molar refractivity (Wildman–Crippen MR) is 132 cm³/mol. The molecule has 1 heterocycles. The van der Waals surface area contributed by atoms with Gasteiger partial charge in [-0.3, -0.25) is 14.5 Å². The molecule has 2 amide bonds. The molecule has 6 heteroatoms. The number of hydrogen-bond donors (Lipinski definition) is 1. The van der Waals surface area contributed by atoms with Gasteiger partial charge in [0.2, 0.25) is 5.91 Å². The van der Waals surface area contributed by atoms with Crippen molar-refractivity contribution >= 4 is 17.5 Å². The van der Waals surface area contributed by atoms with Gasteiger partial charge in [0.25, 0.3) is 5.91 Å². The molecule has 0 spiro atoms. The first-order chi connectivity index (χ1) is 16.5. The largest absolute Gasteiger partial charge is 0.497 e. The molecule has 0 unspecified atom stereocenters. The molecule has 178 valence electrons. The fourth-order valence-electron chi connectivity index (χ4n) is 4.57. The Morgan fingerprint density at radius 2 is 1.74 bits per heavy atom. The molecule has 1 aliphatic rings. The van der Waals surface area contributed by atoms with Gasteiger partial charge in [-0.25, -0.2) is 0 Å². The van der Waals surface area contributed by atoms with Crippen molar-refractivity contribution in [2.45, 2.75) is 58.0 Å². The molecule has 1 aromatic heterocycles. The van der Waals surface area contributed by atoms with Crippen LogP contribution in [-0.4, -0.2) is 25.0 Å². The minimum absolute atomic E-state index is 0.128. The highest BCUT2D eigenvalue weighted by Crippen LogP contribution is 2.32. The second-order valence-corrected chi connectivity index (χ2v) is 8.75. The normalized spacial score (nSPS) is 14.6. The highest BCUT2D eigenvalue weighted by Gasteiger charge is 2.35. The summed E-state index contributed by atoms with van der Waals surface area (Å²) in [6.45, 7) is 3.84. The van der Waals surface area contributed by atoms with Crippen molar-refractivity contribution in [1.29, 1.82) is 0 Å². The Morgan fingerprint density at radius 1 is 1.06 bits per heavy atom. The first-order valence-electron chi connectivity index (χ1n) is 11.9. The van der Waals surface area contributed by atoms with E-state index in [4.69, 9.17) is 9.15 Å². The van der Waals surface area contributed by atoms with Gasteiger partial charge in [0.15, 0.2) is 0 Å². The predicted octanol–water partition coefficient (Wildman–Crippen LogP) is 5.61. The summed E-state index contributed by atoms with van der Waals surface area (Å²) in [4.78, 5) is 29.3. The number of carbonyl (C=O) groups is 2. The number of ether oxygens (including phenoxy) is 1. The summed E-state index contributed by atoms with van der Waals surface area (Å²) in [7, 11) is 1.60. The maximum Gasteiger partial charge on any atom is 0.262 e. The van der Waals surface area contributed by atoms with E-state index in [0.717, 1.165) is 37.7 Å². The van der Waals surface area contributed by atoms with Crippen molar-refractivity contribution in [3.63, 3.8) is 0 Å². The molecule has 6 nitrogen and oxygen atoms in total. The minimum atomic E-state index is -0.846. The van der Waals surface area contributed by atoms with E-state index >= 15 is 0 Å². The topological polar surface area (TPSA) is 71.8 Å². The molecular formula is C28H32N2O4. The number of rotatable bonds is 8. The zero-order valence-corrected chi connectivity index (χ0v) is 20.0. The Balaban J connectivity index is 1.81. The van der Waals surface area contributed by atoms with Crippen LogP contribution < -0.4 is 15.0 Å². The molecule has 4 rings (SSSR count). The summed E-state index contributed by atoms with van der Waals surface area (Å²) in [6, 6.07) is 16.1. The molecule has 1 N–H and O–H groups in total. The maximum absolute atomic E-state index is 13.9. The van der Waals surface area contributed by atoms with Crippen LogP contribution in [-0.2, 0) is 11.2 Å². The van der Waals surface area contributed by atoms with Crippen LogP contribution in [0.15, 0.2) is 65.3 Å². The number of hydrogen-bond acceptors (Lipinski definition) is 4. The van der Waals surface area contributed by atoms with Crippen molar-refractivity contribution < 1.29 is 18.7 Å². The number of benzene rings is 2. The van der Waals surface area contributed by atoms with E-state index in [1.165, 1.54) is 6.26 Å². The first kappa shape index (κ1) is 23.6. The van der Waals surface area contributed by atoms with Gasteiger partial charge in [-0.05, 0) is 67.6 Å². The van der Waals surface area contributed by atoms with E-state index in [0.29, 0.717) is 28.3 Å². The smallest absolute Gasteiger partial charge is 0.262 e. The molecule has 0 radical (unpaired) electrons. The monoisotopic (exact) mass is 460 g/mol. The van der Waals surface area contributed by atoms with Crippen LogP contribution in [0.1, 0.15) is 65.9 Å². The molecule has 1 aliphatic carbocycles. The van der Waals surface area contributed by atoms with E-state index in [-0.39, 0.29) is 17.9 Å². The average molecular weight is 461 g/mol. The van der Waals surface area contributed by atoms with Gasteiger partial charge in [-0.15, -0.1) is 0 Å². The maximum atomic E-state index is 13.9. The quantitative estimate of drug-likeness (QED) is 0.475. The standard InChI is InChI=1S/C28H32N2O4/c1-4-20-9-13-23(14-10-20)30(28(32)25-17-18-34-19(25)2)26(21-11-15-24(33-3)16-12-21)27(31)29-22-7-5-6-8-22/h9-18,22,26H,4-8H2,1-3H3,(H,29,31)/t26-/m1/s1. The van der Waals surface area contributed by atoms with Gasteiger partial charge in [0.05, 0.1) is 18.9 Å². The van der Waals surface area contributed by atoms with Crippen LogP contribution in [0.5, 0.6) is 5.75 Å². The minimum Gasteiger partial charge on any atom is -0.497 e. The lowest BCUT2D eigenvalue weighted by Crippen LogP contribution is -2.46. The molecular weight excluding hydrogens is 428 g/mol. The molecule has 3 aromatic rings. The van der Waals surface area contributed by atoms with Gasteiger partial charge >= 0.3 is 0 Å². The Bertz CT molecular complexity index is 1110. The van der Waals surface area contributed by atoms with Gasteiger partial charge in [0, 0.05) is 11.7 Å². The van der Waals surface area contributed by atoms with E-state index in [1.807, 2.05) is 48.5 Å². The Labute approximate surface area is 200 Å². The van der Waals surface area contributed by atoms with Crippen LogP contribution in [0.4, 0.5) is 5.69 Å². The Morgan fingerprint density at radius 3 is 2.29 bits per heavy atom. The van der Waals surface area contributed by atoms with E-state index in [1.54, 1.807) is 25.0 Å². The van der Waals surface area contributed by atoms with Crippen LogP contribution in [0.3, 0.4) is 0 Å². The highest BCUT2D eigenvalue weighted by atomic mass is 16.5. The molecule has 0 bridgehead atoms. The molecule has 1 saturated carbocycles. The Hall–Kier alpha value is -3.54. The summed E-state index contributed by atoms with van der Waals surface area (Å²) in [5.74, 6) is 0.739. The van der Waals surface area contributed by atoms with Crippen molar-refractivity contribution in [3.05, 3.63) is 83.3 Å². The number of amides is 2. The molecule has 1 atom stereocenters. The third-order valence-electron chi connectivity index (χ3n) is 6.57. The van der Waals surface area contributed by atoms with E-state index in [2.05, 4.69) is 12.2 Å². The molecule has 1 fully saturated rings. The average Bonchev–Trinajstić information content (AvgIpc) is 3.54. The fourth-order valence-corrected chi connectivity index (χ4v) is 4.57. The molecule has 0 saturated heterocycles. The molecule has 2 aromatic carbocycles.